The Kier molecular flexibility index (Phi) is 6.74. The number of hydrogen-bond donors (Lipinski definition) is 0. The SMILES string of the molecule is COc1ccc(-c2noc(CCC(=O)N3CCN(C(=O)Cc4ccccn4)CC3)n2)cc1. The van der Waals surface area contributed by atoms with Crippen LogP contribution in [0.2, 0.25) is 0 Å². The second kappa shape index (κ2) is 10.0. The molecule has 1 aromatic carbocycles. The second-order valence-electron chi connectivity index (χ2n) is 7.50. The molecule has 2 aromatic heterocycles. The average Bonchev–Trinajstić information content (AvgIpc) is 3.32. The highest BCUT2D eigenvalue weighted by Crippen LogP contribution is 2.20. The summed E-state index contributed by atoms with van der Waals surface area (Å²) in [5.74, 6) is 1.71. The Morgan fingerprint density at radius 2 is 1.72 bits per heavy atom. The third-order valence-corrected chi connectivity index (χ3v) is 5.41. The molecule has 1 fully saturated rings. The summed E-state index contributed by atoms with van der Waals surface area (Å²) >= 11 is 0. The number of amides is 2. The van der Waals surface area contributed by atoms with Gasteiger partial charge in [0.15, 0.2) is 0 Å². The fraction of sp³-hybridized carbons (Fsp3) is 0.348. The number of carbonyl (C=O) groups excluding carboxylic acids is 2. The number of pyridine rings is 1. The topological polar surface area (TPSA) is 102 Å². The molecule has 166 valence electrons. The Balaban J connectivity index is 1.23. The minimum atomic E-state index is 0.0195. The van der Waals surface area contributed by atoms with Crippen LogP contribution in [0, 0.1) is 0 Å². The van der Waals surface area contributed by atoms with Crippen LogP contribution in [0.4, 0.5) is 0 Å². The van der Waals surface area contributed by atoms with Crippen molar-refractivity contribution in [3.63, 3.8) is 0 Å². The van der Waals surface area contributed by atoms with E-state index in [0.29, 0.717) is 44.3 Å². The molecule has 9 nitrogen and oxygen atoms in total. The zero-order chi connectivity index (χ0) is 22.3. The van der Waals surface area contributed by atoms with E-state index >= 15 is 0 Å². The molecule has 0 radical (unpaired) electrons. The summed E-state index contributed by atoms with van der Waals surface area (Å²) in [5.41, 5.74) is 1.57. The molecule has 0 saturated carbocycles. The summed E-state index contributed by atoms with van der Waals surface area (Å²) in [6.45, 7) is 2.10. The fourth-order valence-corrected chi connectivity index (χ4v) is 3.56. The maximum atomic E-state index is 12.6. The van der Waals surface area contributed by atoms with Crippen LogP contribution >= 0.6 is 0 Å². The van der Waals surface area contributed by atoms with Crippen LogP contribution in [0.25, 0.3) is 11.4 Å². The Bertz CT molecular complexity index is 1040. The largest absolute Gasteiger partial charge is 0.497 e. The van der Waals surface area contributed by atoms with Crippen LogP contribution in [-0.4, -0.2) is 70.0 Å². The summed E-state index contributed by atoms with van der Waals surface area (Å²) in [7, 11) is 1.61. The molecule has 3 heterocycles. The van der Waals surface area contributed by atoms with Gasteiger partial charge in [-0.25, -0.2) is 0 Å². The summed E-state index contributed by atoms with van der Waals surface area (Å²) in [6, 6.07) is 12.9. The first kappa shape index (κ1) is 21.5. The molecule has 0 aliphatic carbocycles. The maximum absolute atomic E-state index is 12.6. The Labute approximate surface area is 186 Å². The van der Waals surface area contributed by atoms with E-state index in [-0.39, 0.29) is 24.7 Å². The Morgan fingerprint density at radius 1 is 1.00 bits per heavy atom. The fourth-order valence-electron chi connectivity index (χ4n) is 3.56. The predicted octanol–water partition coefficient (Wildman–Crippen LogP) is 1.99. The lowest BCUT2D eigenvalue weighted by atomic mass is 10.2. The van der Waals surface area contributed by atoms with Crippen molar-refractivity contribution in [3.8, 4) is 17.1 Å². The summed E-state index contributed by atoms with van der Waals surface area (Å²) < 4.78 is 10.4. The van der Waals surface area contributed by atoms with Crippen molar-refractivity contribution in [3.05, 3.63) is 60.2 Å². The first-order valence-electron chi connectivity index (χ1n) is 10.5. The normalized spacial score (nSPS) is 13.8. The molecule has 2 amide bonds. The molecule has 0 N–H and O–H groups in total. The molecule has 0 bridgehead atoms. The van der Waals surface area contributed by atoms with Gasteiger partial charge in [0.1, 0.15) is 5.75 Å². The number of benzene rings is 1. The van der Waals surface area contributed by atoms with Crippen molar-refractivity contribution < 1.29 is 18.8 Å². The lowest BCUT2D eigenvalue weighted by Gasteiger charge is -2.34. The minimum Gasteiger partial charge on any atom is -0.497 e. The summed E-state index contributed by atoms with van der Waals surface area (Å²) in [4.78, 5) is 37.2. The highest BCUT2D eigenvalue weighted by molar-refractivity contribution is 5.79. The number of carbonyl (C=O) groups is 2. The van der Waals surface area contributed by atoms with E-state index in [4.69, 9.17) is 9.26 Å². The molecule has 4 rings (SSSR count). The van der Waals surface area contributed by atoms with Crippen LogP contribution in [0.3, 0.4) is 0 Å². The molecule has 3 aromatic rings. The molecule has 1 aliphatic rings. The minimum absolute atomic E-state index is 0.0195. The third-order valence-electron chi connectivity index (χ3n) is 5.41. The van der Waals surface area contributed by atoms with Gasteiger partial charge in [0.05, 0.1) is 13.5 Å². The number of aromatic nitrogens is 3. The quantitative estimate of drug-likeness (QED) is 0.559. The lowest BCUT2D eigenvalue weighted by molar-refractivity contribution is -0.139. The molecule has 1 aliphatic heterocycles. The number of ether oxygens (including phenoxy) is 1. The van der Waals surface area contributed by atoms with Crippen LogP contribution in [0.15, 0.2) is 53.2 Å². The van der Waals surface area contributed by atoms with E-state index in [1.165, 1.54) is 0 Å². The number of aryl methyl sites for hydroxylation is 1. The van der Waals surface area contributed by atoms with Gasteiger partial charge < -0.3 is 19.1 Å². The van der Waals surface area contributed by atoms with Gasteiger partial charge in [-0.2, -0.15) is 4.98 Å². The number of methoxy groups -OCH3 is 1. The predicted molar refractivity (Wildman–Crippen MR) is 116 cm³/mol. The van der Waals surface area contributed by atoms with Crippen molar-refractivity contribution in [2.45, 2.75) is 19.3 Å². The van der Waals surface area contributed by atoms with Gasteiger partial charge in [-0.05, 0) is 36.4 Å². The van der Waals surface area contributed by atoms with Gasteiger partial charge in [0.2, 0.25) is 23.5 Å². The van der Waals surface area contributed by atoms with Crippen molar-refractivity contribution in [2.24, 2.45) is 0 Å². The van der Waals surface area contributed by atoms with Crippen molar-refractivity contribution >= 4 is 11.8 Å². The van der Waals surface area contributed by atoms with E-state index in [1.54, 1.807) is 23.1 Å². The lowest BCUT2D eigenvalue weighted by Crippen LogP contribution is -2.51. The monoisotopic (exact) mass is 435 g/mol. The Morgan fingerprint density at radius 3 is 2.38 bits per heavy atom. The van der Waals surface area contributed by atoms with Crippen LogP contribution < -0.4 is 4.74 Å². The van der Waals surface area contributed by atoms with E-state index in [9.17, 15) is 9.59 Å². The summed E-state index contributed by atoms with van der Waals surface area (Å²) in [5, 5.41) is 4.00. The third kappa shape index (κ3) is 5.29. The van der Waals surface area contributed by atoms with Crippen molar-refractivity contribution in [1.82, 2.24) is 24.9 Å². The number of nitrogens with zero attached hydrogens (tertiary/aromatic N) is 5. The van der Waals surface area contributed by atoms with Gasteiger partial charge in [-0.15, -0.1) is 0 Å². The van der Waals surface area contributed by atoms with Gasteiger partial charge in [0.25, 0.3) is 0 Å². The van der Waals surface area contributed by atoms with E-state index in [1.807, 2.05) is 42.5 Å². The zero-order valence-corrected chi connectivity index (χ0v) is 17.9. The molecule has 9 heteroatoms. The number of hydrogen-bond acceptors (Lipinski definition) is 7. The Hall–Kier alpha value is -3.75. The van der Waals surface area contributed by atoms with Gasteiger partial charge >= 0.3 is 0 Å². The van der Waals surface area contributed by atoms with Crippen molar-refractivity contribution in [1.29, 1.82) is 0 Å². The van der Waals surface area contributed by atoms with Gasteiger partial charge in [-0.3, -0.25) is 14.6 Å². The molecule has 1 saturated heterocycles. The smallest absolute Gasteiger partial charge is 0.228 e. The standard InChI is InChI=1S/C23H25N5O4/c1-31-19-7-5-17(6-8-19)23-25-20(32-26-23)9-10-21(29)27-12-14-28(15-13-27)22(30)16-18-4-2-3-11-24-18/h2-8,11H,9-10,12-16H2,1H3. The molecule has 0 spiro atoms. The first-order chi connectivity index (χ1) is 15.6. The highest BCUT2D eigenvalue weighted by Gasteiger charge is 2.24. The van der Waals surface area contributed by atoms with Gasteiger partial charge in [0, 0.05) is 56.5 Å². The first-order valence-corrected chi connectivity index (χ1v) is 10.5. The number of rotatable bonds is 7. The van der Waals surface area contributed by atoms with E-state index < -0.39 is 0 Å². The zero-order valence-electron chi connectivity index (χ0n) is 17.9. The van der Waals surface area contributed by atoms with Crippen molar-refractivity contribution in [2.75, 3.05) is 33.3 Å². The maximum Gasteiger partial charge on any atom is 0.228 e. The number of piperazine rings is 1. The average molecular weight is 435 g/mol. The van der Waals surface area contributed by atoms with E-state index in [2.05, 4.69) is 15.1 Å². The molecular formula is C23H25N5O4. The molecule has 32 heavy (non-hydrogen) atoms. The molecular weight excluding hydrogens is 410 g/mol. The van der Waals surface area contributed by atoms with Crippen LogP contribution in [0.5, 0.6) is 5.75 Å². The molecule has 0 atom stereocenters. The highest BCUT2D eigenvalue weighted by atomic mass is 16.5. The molecule has 0 unspecified atom stereocenters. The van der Waals surface area contributed by atoms with Gasteiger partial charge in [-0.1, -0.05) is 11.2 Å². The van der Waals surface area contributed by atoms with Crippen LogP contribution in [0.1, 0.15) is 18.0 Å². The summed E-state index contributed by atoms with van der Waals surface area (Å²) in [6.07, 6.45) is 2.62. The second-order valence-corrected chi connectivity index (χ2v) is 7.50. The van der Waals surface area contributed by atoms with Crippen LogP contribution in [-0.2, 0) is 22.4 Å². The van der Waals surface area contributed by atoms with E-state index in [0.717, 1.165) is 17.0 Å².